The molecule has 0 aromatic heterocycles. The zero-order chi connectivity index (χ0) is 20.2. The monoisotopic (exact) mass is 384 g/mol. The van der Waals surface area contributed by atoms with Crippen LogP contribution in [0.4, 0.5) is 0 Å². The topological polar surface area (TPSA) is 17.1 Å². The number of unbranched alkanes of at least 4 members (excludes halogenated alkanes) is 1. The van der Waals surface area contributed by atoms with E-state index < -0.39 is 0 Å². The van der Waals surface area contributed by atoms with Gasteiger partial charge >= 0.3 is 0 Å². The first-order valence-electron chi connectivity index (χ1n) is 12.4. The molecule has 28 heavy (non-hydrogen) atoms. The van der Waals surface area contributed by atoms with E-state index in [1.54, 1.807) is 0 Å². The van der Waals surface area contributed by atoms with Crippen molar-refractivity contribution >= 4 is 5.78 Å². The molecule has 4 aliphatic carbocycles. The minimum atomic E-state index is 0.226. The smallest absolute Gasteiger partial charge is 0.133 e. The fourth-order valence-corrected chi connectivity index (χ4v) is 8.10. The Labute approximate surface area is 174 Å². The lowest BCUT2D eigenvalue weighted by Crippen LogP contribution is -2.50. The summed E-state index contributed by atoms with van der Waals surface area (Å²) in [5, 5.41) is 0. The molecule has 0 N–H and O–H groups in total. The van der Waals surface area contributed by atoms with Crippen LogP contribution in [0.3, 0.4) is 0 Å². The zero-order valence-corrected chi connectivity index (χ0v) is 19.3. The van der Waals surface area contributed by atoms with Gasteiger partial charge in [-0.05, 0) is 85.4 Å². The summed E-state index contributed by atoms with van der Waals surface area (Å²) in [5.41, 5.74) is 4.80. The van der Waals surface area contributed by atoms with E-state index in [1.165, 1.54) is 64.2 Å². The minimum Gasteiger partial charge on any atom is -0.300 e. The molecule has 4 rings (SSSR count). The standard InChI is InChI=1S/C27H44O/c1-19(2)8-6-7-9-20-10-11-23-22-13-15-25(3)18-21(28)12-17-27(25,5)24(22)14-16-26(20,23)4/h19-20,23H,6-18H2,1-5H3. The molecular formula is C27H44O. The van der Waals surface area contributed by atoms with Gasteiger partial charge < -0.3 is 0 Å². The first-order chi connectivity index (χ1) is 13.2. The first-order valence-corrected chi connectivity index (χ1v) is 12.4. The predicted molar refractivity (Wildman–Crippen MR) is 118 cm³/mol. The number of carbonyl (C=O) groups excluding carboxylic acids is 1. The van der Waals surface area contributed by atoms with Gasteiger partial charge in [0.1, 0.15) is 5.78 Å². The average Bonchev–Trinajstić information content (AvgIpc) is 2.96. The number of ketones is 1. The molecule has 0 aliphatic heterocycles. The molecule has 0 heterocycles. The highest BCUT2D eigenvalue weighted by Crippen LogP contribution is 2.68. The summed E-state index contributed by atoms with van der Waals surface area (Å²) in [6.45, 7) is 12.3. The quantitative estimate of drug-likeness (QED) is 0.348. The molecule has 0 spiro atoms. The van der Waals surface area contributed by atoms with Crippen molar-refractivity contribution in [3.63, 3.8) is 0 Å². The minimum absolute atomic E-state index is 0.226. The Morgan fingerprint density at radius 1 is 0.964 bits per heavy atom. The number of hydrogen-bond donors (Lipinski definition) is 0. The number of fused-ring (bicyclic) bond motifs is 4. The van der Waals surface area contributed by atoms with Crippen LogP contribution in [0.25, 0.3) is 0 Å². The van der Waals surface area contributed by atoms with Crippen molar-refractivity contribution < 1.29 is 4.79 Å². The molecule has 0 aromatic carbocycles. The zero-order valence-electron chi connectivity index (χ0n) is 19.3. The van der Waals surface area contributed by atoms with Crippen LogP contribution in [0.15, 0.2) is 11.1 Å². The molecule has 1 nitrogen and oxygen atoms in total. The Hall–Kier alpha value is -0.590. The van der Waals surface area contributed by atoms with E-state index in [9.17, 15) is 4.79 Å². The van der Waals surface area contributed by atoms with Crippen molar-refractivity contribution in [2.75, 3.05) is 0 Å². The molecule has 5 unspecified atom stereocenters. The van der Waals surface area contributed by atoms with Gasteiger partial charge in [-0.15, -0.1) is 0 Å². The summed E-state index contributed by atoms with van der Waals surface area (Å²) in [4.78, 5) is 12.3. The van der Waals surface area contributed by atoms with Crippen LogP contribution in [0.5, 0.6) is 0 Å². The molecule has 0 aromatic rings. The largest absolute Gasteiger partial charge is 0.300 e. The maximum Gasteiger partial charge on any atom is 0.133 e. The molecule has 1 heteroatoms. The van der Waals surface area contributed by atoms with Crippen LogP contribution in [0.1, 0.15) is 118 Å². The highest BCUT2D eigenvalue weighted by molar-refractivity contribution is 5.80. The van der Waals surface area contributed by atoms with Gasteiger partial charge in [0.15, 0.2) is 0 Å². The van der Waals surface area contributed by atoms with Crippen molar-refractivity contribution in [3.05, 3.63) is 11.1 Å². The highest BCUT2D eigenvalue weighted by atomic mass is 16.1. The predicted octanol–water partition coefficient (Wildman–Crippen LogP) is 7.89. The fraction of sp³-hybridized carbons (Fsp3) is 0.889. The molecule has 0 radical (unpaired) electrons. The number of carbonyl (C=O) groups is 1. The maximum atomic E-state index is 12.3. The Balaban J connectivity index is 1.53. The summed E-state index contributed by atoms with van der Waals surface area (Å²) >= 11 is 0. The third-order valence-electron chi connectivity index (χ3n) is 10.3. The van der Waals surface area contributed by atoms with Crippen LogP contribution in [0, 0.1) is 34.0 Å². The summed E-state index contributed by atoms with van der Waals surface area (Å²) in [5.74, 6) is 3.18. The van der Waals surface area contributed by atoms with Gasteiger partial charge in [-0.25, -0.2) is 0 Å². The Kier molecular flexibility index (Phi) is 5.37. The summed E-state index contributed by atoms with van der Waals surface area (Å²) in [7, 11) is 0. The molecule has 4 aliphatic rings. The van der Waals surface area contributed by atoms with Gasteiger partial charge in [0.25, 0.3) is 0 Å². The summed E-state index contributed by atoms with van der Waals surface area (Å²) in [6, 6.07) is 0. The Bertz CT molecular complexity index is 657. The lowest BCUT2D eigenvalue weighted by atomic mass is 9.46. The molecule has 5 atom stereocenters. The molecule has 2 saturated carbocycles. The van der Waals surface area contributed by atoms with E-state index in [0.717, 1.165) is 37.0 Å². The van der Waals surface area contributed by atoms with E-state index in [-0.39, 0.29) is 5.41 Å². The van der Waals surface area contributed by atoms with Crippen LogP contribution >= 0.6 is 0 Å². The van der Waals surface area contributed by atoms with E-state index in [4.69, 9.17) is 0 Å². The van der Waals surface area contributed by atoms with Gasteiger partial charge in [-0.3, -0.25) is 4.79 Å². The number of hydrogen-bond acceptors (Lipinski definition) is 1. The lowest BCUT2D eigenvalue weighted by Gasteiger charge is -2.58. The van der Waals surface area contributed by atoms with Crippen LogP contribution in [-0.2, 0) is 4.79 Å². The summed E-state index contributed by atoms with van der Waals surface area (Å²) < 4.78 is 0. The van der Waals surface area contributed by atoms with Crippen molar-refractivity contribution in [1.29, 1.82) is 0 Å². The van der Waals surface area contributed by atoms with E-state index in [1.807, 2.05) is 11.1 Å². The van der Waals surface area contributed by atoms with Crippen LogP contribution in [0.2, 0.25) is 0 Å². The molecule has 158 valence electrons. The lowest BCUT2D eigenvalue weighted by molar-refractivity contribution is -0.129. The van der Waals surface area contributed by atoms with E-state index >= 15 is 0 Å². The van der Waals surface area contributed by atoms with Gasteiger partial charge in [0.05, 0.1) is 0 Å². The summed E-state index contributed by atoms with van der Waals surface area (Å²) in [6.07, 6.45) is 16.7. The molecule has 0 amide bonds. The van der Waals surface area contributed by atoms with Gasteiger partial charge in [-0.2, -0.15) is 0 Å². The van der Waals surface area contributed by atoms with Crippen molar-refractivity contribution in [1.82, 2.24) is 0 Å². The Morgan fingerprint density at radius 2 is 1.75 bits per heavy atom. The first kappa shape index (κ1) is 20.7. The number of rotatable bonds is 5. The van der Waals surface area contributed by atoms with Gasteiger partial charge in [-0.1, -0.05) is 65.0 Å². The normalized spacial score (nSPS) is 43.1. The van der Waals surface area contributed by atoms with Gasteiger partial charge in [0, 0.05) is 12.8 Å². The van der Waals surface area contributed by atoms with Crippen LogP contribution in [-0.4, -0.2) is 5.78 Å². The van der Waals surface area contributed by atoms with Gasteiger partial charge in [0.2, 0.25) is 0 Å². The highest BCUT2D eigenvalue weighted by Gasteiger charge is 2.58. The second-order valence-electron chi connectivity index (χ2n) is 12.1. The molecular weight excluding hydrogens is 340 g/mol. The second-order valence-corrected chi connectivity index (χ2v) is 12.1. The average molecular weight is 385 g/mol. The molecule has 2 fully saturated rings. The number of Topliss-reactive ketones (excluding diaryl/α,β-unsaturated/α-hetero) is 1. The SMILES string of the molecule is CC(C)CCCCC1CCC2C3=C(CCC12C)C1(C)CCC(=O)CC1(C)CC3. The molecule has 0 saturated heterocycles. The molecule has 0 bridgehead atoms. The Morgan fingerprint density at radius 3 is 2.50 bits per heavy atom. The van der Waals surface area contributed by atoms with E-state index in [0.29, 0.717) is 16.6 Å². The maximum absolute atomic E-state index is 12.3. The third-order valence-corrected chi connectivity index (χ3v) is 10.3. The van der Waals surface area contributed by atoms with Crippen molar-refractivity contribution in [2.45, 2.75) is 118 Å². The van der Waals surface area contributed by atoms with Crippen molar-refractivity contribution in [2.24, 2.45) is 34.0 Å². The van der Waals surface area contributed by atoms with Crippen LogP contribution < -0.4 is 0 Å². The number of allylic oxidation sites excluding steroid dienone is 2. The third kappa shape index (κ3) is 3.14. The van der Waals surface area contributed by atoms with E-state index in [2.05, 4.69) is 34.6 Å². The van der Waals surface area contributed by atoms with Crippen molar-refractivity contribution in [3.8, 4) is 0 Å². The fourth-order valence-electron chi connectivity index (χ4n) is 8.10. The second kappa shape index (κ2) is 7.28.